The Hall–Kier alpha value is -3.68. The van der Waals surface area contributed by atoms with Crippen LogP contribution in [0.2, 0.25) is 0 Å². The highest BCUT2D eigenvalue weighted by Gasteiger charge is 2.50. The number of aldehydes is 1. The van der Waals surface area contributed by atoms with Crippen LogP contribution in [0.15, 0.2) is 48.5 Å². The van der Waals surface area contributed by atoms with Gasteiger partial charge in [0.15, 0.2) is 5.78 Å². The Morgan fingerprint density at radius 2 is 1.69 bits per heavy atom. The Balaban J connectivity index is 1.51. The molecule has 2 aliphatic rings. The van der Waals surface area contributed by atoms with Crippen molar-refractivity contribution in [3.05, 3.63) is 65.2 Å². The number of hydrogen-bond donors (Lipinski definition) is 4. The topological polar surface area (TPSA) is 159 Å². The number of amides is 2. The molecule has 2 aromatic carbocycles. The Labute approximate surface area is 263 Å². The van der Waals surface area contributed by atoms with Gasteiger partial charge in [-0.2, -0.15) is 0 Å². The third-order valence-corrected chi connectivity index (χ3v) is 8.24. The number of carbonyl (C=O) groups excluding carboxylic acids is 4. The average molecular weight is 625 g/mol. The van der Waals surface area contributed by atoms with Crippen molar-refractivity contribution in [1.29, 1.82) is 0 Å². The highest BCUT2D eigenvalue weighted by molar-refractivity contribution is 5.94. The van der Waals surface area contributed by atoms with Crippen molar-refractivity contribution >= 4 is 23.9 Å². The lowest BCUT2D eigenvalue weighted by Crippen LogP contribution is -2.63. The first kappa shape index (κ1) is 34.2. The summed E-state index contributed by atoms with van der Waals surface area (Å²) < 4.78 is 16.0. The Kier molecular flexibility index (Phi) is 11.8. The smallest absolute Gasteiger partial charge is 0.243 e. The summed E-state index contributed by atoms with van der Waals surface area (Å²) in [5.41, 5.74) is -0.0194. The molecule has 2 saturated heterocycles. The third-order valence-electron chi connectivity index (χ3n) is 8.24. The Morgan fingerprint density at radius 1 is 1.07 bits per heavy atom. The normalized spacial score (nSPS) is 20.7. The molecule has 4 N–H and O–H groups in total. The van der Waals surface area contributed by atoms with Gasteiger partial charge in [-0.3, -0.25) is 19.3 Å². The number of Topliss-reactive ketones (excluding diaryl/α,β-unsaturated/α-hetero) is 1. The summed E-state index contributed by atoms with van der Waals surface area (Å²) in [4.78, 5) is 54.5. The van der Waals surface area contributed by atoms with Crippen molar-refractivity contribution in [2.24, 2.45) is 0 Å². The minimum atomic E-state index is -1.46. The number of benzene rings is 2. The monoisotopic (exact) mass is 624 g/mol. The summed E-state index contributed by atoms with van der Waals surface area (Å²) in [6, 6.07) is 12.8. The molecule has 2 aliphatic heterocycles. The number of morpholine rings is 1. The minimum absolute atomic E-state index is 0.0656. The van der Waals surface area contributed by atoms with E-state index in [0.717, 1.165) is 16.7 Å². The second-order valence-corrected chi connectivity index (χ2v) is 12.0. The molecule has 4 rings (SSSR count). The number of rotatable bonds is 17. The molecule has 4 unspecified atom stereocenters. The van der Waals surface area contributed by atoms with Crippen LogP contribution in [0.1, 0.15) is 30.5 Å². The van der Waals surface area contributed by atoms with Crippen molar-refractivity contribution in [3.8, 4) is 5.75 Å². The van der Waals surface area contributed by atoms with Gasteiger partial charge >= 0.3 is 0 Å². The van der Waals surface area contributed by atoms with Crippen LogP contribution in [0.25, 0.3) is 0 Å². The van der Waals surface area contributed by atoms with Crippen LogP contribution in [0.3, 0.4) is 0 Å². The fourth-order valence-corrected chi connectivity index (χ4v) is 5.24. The predicted octanol–water partition coefficient (Wildman–Crippen LogP) is 0.180. The van der Waals surface area contributed by atoms with E-state index >= 15 is 0 Å². The van der Waals surface area contributed by atoms with Gasteiger partial charge in [0, 0.05) is 26.1 Å². The van der Waals surface area contributed by atoms with Gasteiger partial charge in [0.25, 0.3) is 0 Å². The van der Waals surface area contributed by atoms with E-state index in [1.54, 1.807) is 57.4 Å². The molecule has 0 saturated carbocycles. The van der Waals surface area contributed by atoms with E-state index in [-0.39, 0.29) is 37.8 Å². The van der Waals surface area contributed by atoms with Crippen molar-refractivity contribution in [2.75, 3.05) is 53.1 Å². The minimum Gasteiger partial charge on any atom is -0.497 e. The maximum Gasteiger partial charge on any atom is 0.243 e. The van der Waals surface area contributed by atoms with E-state index in [0.29, 0.717) is 51.4 Å². The molecule has 2 heterocycles. The number of aliphatic hydroxyl groups excluding tert-OH is 1. The molecule has 0 radical (unpaired) electrons. The van der Waals surface area contributed by atoms with Gasteiger partial charge in [-0.05, 0) is 49.1 Å². The van der Waals surface area contributed by atoms with Crippen LogP contribution in [-0.2, 0) is 48.1 Å². The van der Waals surface area contributed by atoms with Gasteiger partial charge in [-0.25, -0.2) is 0 Å². The molecule has 2 fully saturated rings. The van der Waals surface area contributed by atoms with Gasteiger partial charge in [0.2, 0.25) is 11.8 Å². The van der Waals surface area contributed by atoms with Gasteiger partial charge in [-0.15, -0.1) is 0 Å². The van der Waals surface area contributed by atoms with E-state index in [2.05, 4.69) is 16.0 Å². The number of methoxy groups -OCH3 is 1. The van der Waals surface area contributed by atoms with Crippen molar-refractivity contribution in [2.45, 2.75) is 56.5 Å². The summed E-state index contributed by atoms with van der Waals surface area (Å²) in [6.45, 7) is 5.93. The zero-order valence-corrected chi connectivity index (χ0v) is 26.2. The third kappa shape index (κ3) is 9.65. The van der Waals surface area contributed by atoms with Crippen LogP contribution in [-0.4, -0.2) is 110 Å². The summed E-state index contributed by atoms with van der Waals surface area (Å²) in [7, 11) is 1.56. The highest BCUT2D eigenvalue weighted by atomic mass is 16.6. The first-order valence-corrected chi connectivity index (χ1v) is 15.2. The number of ketones is 1. The average Bonchev–Trinajstić information content (AvgIpc) is 3.81. The highest BCUT2D eigenvalue weighted by Crippen LogP contribution is 2.29. The maximum absolute atomic E-state index is 13.5. The lowest BCUT2D eigenvalue weighted by Gasteiger charge is -2.33. The summed E-state index contributed by atoms with van der Waals surface area (Å²) in [6.07, 6.45) is 1.10. The van der Waals surface area contributed by atoms with Crippen LogP contribution in [0.4, 0.5) is 0 Å². The van der Waals surface area contributed by atoms with E-state index in [1.165, 1.54) is 0 Å². The SMILES string of the molecule is COc1ccc(CC(C=O)(CNC(Cc2ccc(CO)cc2)C(=O)C2(C)CO2)NC(=O)C(C)NC(=O)CN2CCOCC2)cc1. The van der Waals surface area contributed by atoms with E-state index in [4.69, 9.17) is 14.2 Å². The Morgan fingerprint density at radius 3 is 2.27 bits per heavy atom. The van der Waals surface area contributed by atoms with Crippen LogP contribution >= 0.6 is 0 Å². The molecular weight excluding hydrogens is 580 g/mol. The maximum atomic E-state index is 13.5. The molecule has 0 aromatic heterocycles. The molecule has 0 bridgehead atoms. The molecular formula is C33H44N4O8. The molecule has 12 nitrogen and oxygen atoms in total. The van der Waals surface area contributed by atoms with E-state index in [9.17, 15) is 24.3 Å². The number of nitrogens with zero attached hydrogens (tertiary/aromatic N) is 1. The number of ether oxygens (including phenoxy) is 3. The van der Waals surface area contributed by atoms with Crippen molar-refractivity contribution < 1.29 is 38.5 Å². The largest absolute Gasteiger partial charge is 0.497 e. The quantitative estimate of drug-likeness (QED) is 0.141. The number of hydrogen-bond acceptors (Lipinski definition) is 10. The number of epoxide rings is 1. The zero-order chi connectivity index (χ0) is 32.5. The summed E-state index contributed by atoms with van der Waals surface area (Å²) in [5, 5.41) is 18.3. The summed E-state index contributed by atoms with van der Waals surface area (Å²) >= 11 is 0. The molecule has 12 heteroatoms. The zero-order valence-electron chi connectivity index (χ0n) is 26.2. The lowest BCUT2D eigenvalue weighted by atomic mass is 9.89. The van der Waals surface area contributed by atoms with Gasteiger partial charge < -0.3 is 40.1 Å². The lowest BCUT2D eigenvalue weighted by molar-refractivity contribution is -0.132. The first-order valence-electron chi connectivity index (χ1n) is 15.2. The fraction of sp³-hybridized carbons (Fsp3) is 0.515. The molecule has 0 spiro atoms. The van der Waals surface area contributed by atoms with Crippen LogP contribution in [0.5, 0.6) is 5.75 Å². The van der Waals surface area contributed by atoms with Gasteiger partial charge in [-0.1, -0.05) is 36.4 Å². The predicted molar refractivity (Wildman–Crippen MR) is 166 cm³/mol. The van der Waals surface area contributed by atoms with Crippen LogP contribution in [0, 0.1) is 0 Å². The molecule has 244 valence electrons. The number of carbonyl (C=O) groups is 4. The first-order chi connectivity index (χ1) is 21.6. The van der Waals surface area contributed by atoms with Crippen LogP contribution < -0.4 is 20.7 Å². The molecule has 2 aromatic rings. The second-order valence-electron chi connectivity index (χ2n) is 12.0. The Bertz CT molecular complexity index is 1310. The standard InChI is InChI=1S/C33H44N4O8/c1-23(35-29(40)18-37-12-14-44-15-13-37)31(42)36-33(21-39,17-25-8-10-27(43-3)11-9-25)20-34-28(30(41)32(2)22-45-32)16-24-4-6-26(19-38)7-5-24/h4-11,21,23,28,34,38H,12-20,22H2,1-3H3,(H,35,40)(H,36,42). The van der Waals surface area contributed by atoms with E-state index < -0.39 is 29.1 Å². The number of nitrogens with one attached hydrogen (secondary N) is 3. The molecule has 0 aliphatic carbocycles. The van der Waals surface area contributed by atoms with Gasteiger partial charge in [0.05, 0.1) is 46.1 Å². The fourth-order valence-electron chi connectivity index (χ4n) is 5.24. The molecule has 2 amide bonds. The molecule has 4 atom stereocenters. The van der Waals surface area contributed by atoms with Crippen molar-refractivity contribution in [3.63, 3.8) is 0 Å². The van der Waals surface area contributed by atoms with E-state index in [1.807, 2.05) is 17.0 Å². The van der Waals surface area contributed by atoms with Gasteiger partial charge in [0.1, 0.15) is 29.2 Å². The number of aliphatic hydroxyl groups is 1. The molecule has 45 heavy (non-hydrogen) atoms. The second kappa shape index (κ2) is 15.5. The van der Waals surface area contributed by atoms with Crippen molar-refractivity contribution in [1.82, 2.24) is 20.9 Å². The summed E-state index contributed by atoms with van der Waals surface area (Å²) in [5.74, 6) is -0.356.